The molecule has 0 atom stereocenters. The molecular formula is C9H8N4O3. The van der Waals surface area contributed by atoms with E-state index in [1.54, 1.807) is 0 Å². The number of carbonyl (C=O) groups excluding carboxylic acids is 2. The molecule has 0 aliphatic carbocycles. The summed E-state index contributed by atoms with van der Waals surface area (Å²) in [6.45, 7) is 0. The summed E-state index contributed by atoms with van der Waals surface area (Å²) < 4.78 is 0. The minimum absolute atomic E-state index is 0.0366. The molecule has 1 aliphatic rings. The third-order valence-electron chi connectivity index (χ3n) is 1.92. The Labute approximate surface area is 90.2 Å². The van der Waals surface area contributed by atoms with Crippen molar-refractivity contribution in [2.45, 2.75) is 6.42 Å². The lowest BCUT2D eigenvalue weighted by atomic mass is 10.2. The third-order valence-corrected chi connectivity index (χ3v) is 1.92. The fraction of sp³-hybridized carbons (Fsp3) is 0.111. The zero-order valence-corrected chi connectivity index (χ0v) is 8.10. The number of anilines is 1. The van der Waals surface area contributed by atoms with Crippen molar-refractivity contribution in [3.05, 3.63) is 18.3 Å². The van der Waals surface area contributed by atoms with Crippen molar-refractivity contribution in [2.24, 2.45) is 5.10 Å². The fourth-order valence-electron chi connectivity index (χ4n) is 1.16. The molecule has 16 heavy (non-hydrogen) atoms. The van der Waals surface area contributed by atoms with Gasteiger partial charge in [0.05, 0.1) is 6.42 Å². The molecule has 0 radical (unpaired) electrons. The largest absolute Gasteiger partial charge is 0.504 e. The SMILES string of the molecule is O=C1CC(C(=O)Nc2ncccc2O)=NN1. The van der Waals surface area contributed by atoms with E-state index in [9.17, 15) is 14.7 Å². The van der Waals surface area contributed by atoms with Gasteiger partial charge < -0.3 is 10.4 Å². The van der Waals surface area contributed by atoms with E-state index in [2.05, 4.69) is 20.8 Å². The minimum atomic E-state index is -0.563. The number of hydrogen-bond acceptors (Lipinski definition) is 5. The second kappa shape index (κ2) is 3.97. The van der Waals surface area contributed by atoms with Crippen LogP contribution in [0.1, 0.15) is 6.42 Å². The molecular weight excluding hydrogens is 212 g/mol. The van der Waals surface area contributed by atoms with Crippen LogP contribution in [0.5, 0.6) is 5.75 Å². The summed E-state index contributed by atoms with van der Waals surface area (Å²) in [5.41, 5.74) is 2.22. The summed E-state index contributed by atoms with van der Waals surface area (Å²) in [6, 6.07) is 2.92. The molecule has 1 aromatic heterocycles. The van der Waals surface area contributed by atoms with Crippen LogP contribution < -0.4 is 10.7 Å². The molecule has 1 aliphatic heterocycles. The number of aromatic hydroxyl groups is 1. The first-order valence-electron chi connectivity index (χ1n) is 4.47. The second-order valence-corrected chi connectivity index (χ2v) is 3.10. The maximum absolute atomic E-state index is 11.5. The highest BCUT2D eigenvalue weighted by Crippen LogP contribution is 2.18. The number of hydrazone groups is 1. The molecule has 1 aromatic rings. The van der Waals surface area contributed by atoms with E-state index in [0.717, 1.165) is 0 Å². The van der Waals surface area contributed by atoms with Crippen LogP contribution in [0.4, 0.5) is 5.82 Å². The highest BCUT2D eigenvalue weighted by molar-refractivity contribution is 6.46. The van der Waals surface area contributed by atoms with Crippen LogP contribution in [0, 0.1) is 0 Å². The molecule has 82 valence electrons. The summed E-state index contributed by atoms with van der Waals surface area (Å²) in [5.74, 6) is -1.01. The number of nitrogens with one attached hydrogen (secondary N) is 2. The predicted octanol–water partition coefficient (Wildman–Crippen LogP) is -0.398. The molecule has 0 bridgehead atoms. The molecule has 7 heteroatoms. The van der Waals surface area contributed by atoms with Gasteiger partial charge in [0.1, 0.15) is 5.71 Å². The van der Waals surface area contributed by atoms with Crippen LogP contribution in [0.15, 0.2) is 23.4 Å². The Hall–Kier alpha value is -2.44. The Morgan fingerprint density at radius 1 is 1.56 bits per heavy atom. The number of carbonyl (C=O) groups is 2. The van der Waals surface area contributed by atoms with Gasteiger partial charge in [-0.05, 0) is 12.1 Å². The van der Waals surface area contributed by atoms with Gasteiger partial charge in [0, 0.05) is 6.20 Å². The monoisotopic (exact) mass is 220 g/mol. The molecule has 3 N–H and O–H groups in total. The van der Waals surface area contributed by atoms with Crippen LogP contribution in [-0.2, 0) is 9.59 Å². The molecule has 0 fully saturated rings. The first-order valence-corrected chi connectivity index (χ1v) is 4.47. The Kier molecular flexibility index (Phi) is 2.50. The van der Waals surface area contributed by atoms with Crippen molar-refractivity contribution in [1.82, 2.24) is 10.4 Å². The van der Waals surface area contributed by atoms with Gasteiger partial charge in [-0.1, -0.05) is 0 Å². The molecule has 2 amide bonds. The van der Waals surface area contributed by atoms with E-state index in [1.807, 2.05) is 0 Å². The quantitative estimate of drug-likeness (QED) is 0.630. The van der Waals surface area contributed by atoms with Gasteiger partial charge in [-0.25, -0.2) is 10.4 Å². The maximum atomic E-state index is 11.5. The highest BCUT2D eigenvalue weighted by atomic mass is 16.3. The van der Waals surface area contributed by atoms with Crippen LogP contribution in [-0.4, -0.2) is 27.6 Å². The summed E-state index contributed by atoms with van der Waals surface area (Å²) in [5, 5.41) is 15.2. The van der Waals surface area contributed by atoms with Crippen molar-refractivity contribution in [1.29, 1.82) is 0 Å². The van der Waals surface area contributed by atoms with E-state index in [0.29, 0.717) is 0 Å². The van der Waals surface area contributed by atoms with Crippen molar-refractivity contribution in [2.75, 3.05) is 5.32 Å². The normalized spacial score (nSPS) is 14.2. The first-order chi connectivity index (χ1) is 7.66. The number of pyridine rings is 1. The van der Waals surface area contributed by atoms with Crippen molar-refractivity contribution < 1.29 is 14.7 Å². The smallest absolute Gasteiger partial charge is 0.273 e. The van der Waals surface area contributed by atoms with Crippen LogP contribution in [0.2, 0.25) is 0 Å². The Morgan fingerprint density at radius 3 is 3.00 bits per heavy atom. The van der Waals surface area contributed by atoms with Crippen molar-refractivity contribution in [3.63, 3.8) is 0 Å². The van der Waals surface area contributed by atoms with Crippen molar-refractivity contribution in [3.8, 4) is 5.75 Å². The van der Waals surface area contributed by atoms with Crippen LogP contribution in [0.25, 0.3) is 0 Å². The van der Waals surface area contributed by atoms with Crippen molar-refractivity contribution >= 4 is 23.3 Å². The van der Waals surface area contributed by atoms with Gasteiger partial charge in [0.2, 0.25) is 5.91 Å². The average Bonchev–Trinajstić information content (AvgIpc) is 2.68. The van der Waals surface area contributed by atoms with Gasteiger partial charge in [-0.2, -0.15) is 5.10 Å². The predicted molar refractivity (Wildman–Crippen MR) is 54.7 cm³/mol. The Bertz CT molecular complexity index is 483. The lowest BCUT2D eigenvalue weighted by molar-refractivity contribution is -0.119. The summed E-state index contributed by atoms with van der Waals surface area (Å²) in [6.07, 6.45) is 1.36. The summed E-state index contributed by atoms with van der Waals surface area (Å²) in [4.78, 5) is 26.1. The standard InChI is InChI=1S/C9H8N4O3/c14-6-2-1-3-10-8(6)11-9(16)5-4-7(15)13-12-5/h1-3,14H,4H2,(H,13,15)(H,10,11,16). The fourth-order valence-corrected chi connectivity index (χ4v) is 1.16. The topological polar surface area (TPSA) is 104 Å². The molecule has 0 saturated carbocycles. The second-order valence-electron chi connectivity index (χ2n) is 3.10. The number of amides is 2. The number of rotatable bonds is 2. The maximum Gasteiger partial charge on any atom is 0.273 e. The Morgan fingerprint density at radius 2 is 2.38 bits per heavy atom. The molecule has 0 unspecified atom stereocenters. The zero-order chi connectivity index (χ0) is 11.5. The van der Waals surface area contributed by atoms with Crippen LogP contribution >= 0.6 is 0 Å². The number of hydrogen-bond donors (Lipinski definition) is 3. The number of aromatic nitrogens is 1. The molecule has 0 aromatic carbocycles. The summed E-state index contributed by atoms with van der Waals surface area (Å²) in [7, 11) is 0. The van der Waals surface area contributed by atoms with E-state index < -0.39 is 5.91 Å². The zero-order valence-electron chi connectivity index (χ0n) is 8.10. The molecule has 7 nitrogen and oxygen atoms in total. The Balaban J connectivity index is 2.09. The minimum Gasteiger partial charge on any atom is -0.504 e. The first kappa shape index (κ1) is 10.1. The van der Waals surface area contributed by atoms with Gasteiger partial charge in [0.15, 0.2) is 11.6 Å². The van der Waals surface area contributed by atoms with E-state index in [-0.39, 0.29) is 29.6 Å². The molecule has 2 rings (SSSR count). The average molecular weight is 220 g/mol. The van der Waals surface area contributed by atoms with Gasteiger partial charge in [-0.15, -0.1) is 0 Å². The van der Waals surface area contributed by atoms with E-state index >= 15 is 0 Å². The van der Waals surface area contributed by atoms with E-state index in [4.69, 9.17) is 0 Å². The van der Waals surface area contributed by atoms with Gasteiger partial charge in [0.25, 0.3) is 5.91 Å². The van der Waals surface area contributed by atoms with E-state index in [1.165, 1.54) is 18.3 Å². The molecule has 2 heterocycles. The lowest BCUT2D eigenvalue weighted by Crippen LogP contribution is -2.22. The highest BCUT2D eigenvalue weighted by Gasteiger charge is 2.22. The van der Waals surface area contributed by atoms with Gasteiger partial charge >= 0.3 is 0 Å². The van der Waals surface area contributed by atoms with Crippen LogP contribution in [0.3, 0.4) is 0 Å². The molecule has 0 saturated heterocycles. The van der Waals surface area contributed by atoms with Gasteiger partial charge in [-0.3, -0.25) is 9.59 Å². The summed E-state index contributed by atoms with van der Waals surface area (Å²) >= 11 is 0. The third kappa shape index (κ3) is 1.97. The lowest BCUT2D eigenvalue weighted by Gasteiger charge is -2.04. The molecule has 0 spiro atoms. The number of nitrogens with zero attached hydrogens (tertiary/aromatic N) is 2.